The van der Waals surface area contributed by atoms with Crippen LogP contribution in [-0.4, -0.2) is 24.9 Å². The van der Waals surface area contributed by atoms with Gasteiger partial charge in [0.1, 0.15) is 0 Å². The number of rotatable bonds is 6. The molecule has 21 heavy (non-hydrogen) atoms. The van der Waals surface area contributed by atoms with E-state index in [1.54, 1.807) is 0 Å². The van der Waals surface area contributed by atoms with Crippen molar-refractivity contribution in [2.75, 3.05) is 13.2 Å². The quantitative estimate of drug-likeness (QED) is 0.867. The molecular weight excluding hydrogens is 262 g/mol. The molecule has 0 aliphatic carbocycles. The van der Waals surface area contributed by atoms with Crippen LogP contribution in [-0.2, 0) is 22.6 Å². The molecule has 1 saturated heterocycles. The molecule has 1 atom stereocenters. The molecule has 1 aliphatic rings. The van der Waals surface area contributed by atoms with Crippen LogP contribution in [0, 0.1) is 0 Å². The summed E-state index contributed by atoms with van der Waals surface area (Å²) in [6, 6.07) is 8.66. The third-order valence-electron chi connectivity index (χ3n) is 3.69. The van der Waals surface area contributed by atoms with Gasteiger partial charge in [-0.3, -0.25) is 0 Å². The van der Waals surface area contributed by atoms with E-state index >= 15 is 0 Å². The minimum Gasteiger partial charge on any atom is -0.376 e. The third-order valence-corrected chi connectivity index (χ3v) is 3.69. The Morgan fingerprint density at radius 3 is 2.48 bits per heavy atom. The van der Waals surface area contributed by atoms with Crippen molar-refractivity contribution >= 4 is 0 Å². The smallest absolute Gasteiger partial charge is 0.0808 e. The van der Waals surface area contributed by atoms with Crippen LogP contribution in [0.25, 0.3) is 0 Å². The van der Waals surface area contributed by atoms with Gasteiger partial charge in [0.2, 0.25) is 0 Å². The summed E-state index contributed by atoms with van der Waals surface area (Å²) in [4.78, 5) is 0. The van der Waals surface area contributed by atoms with E-state index in [4.69, 9.17) is 9.47 Å². The number of hydrogen-bond acceptors (Lipinski definition) is 3. The first-order valence-corrected chi connectivity index (χ1v) is 8.05. The number of benzene rings is 1. The predicted octanol–water partition coefficient (Wildman–Crippen LogP) is 3.66. The third kappa shape index (κ3) is 6.60. The Kier molecular flexibility index (Phi) is 6.22. The van der Waals surface area contributed by atoms with Gasteiger partial charge in [-0.1, -0.05) is 24.3 Å². The van der Waals surface area contributed by atoms with Crippen molar-refractivity contribution in [1.29, 1.82) is 0 Å². The largest absolute Gasteiger partial charge is 0.376 e. The Hall–Kier alpha value is -0.900. The van der Waals surface area contributed by atoms with Crippen molar-refractivity contribution in [2.45, 2.75) is 64.8 Å². The number of hydrogen-bond donors (Lipinski definition) is 1. The lowest BCUT2D eigenvalue weighted by molar-refractivity contribution is -0.0447. The minimum atomic E-state index is 0.155. The first-order chi connectivity index (χ1) is 10.0. The van der Waals surface area contributed by atoms with Crippen LogP contribution in [0.5, 0.6) is 0 Å². The van der Waals surface area contributed by atoms with E-state index in [1.807, 2.05) is 0 Å². The van der Waals surface area contributed by atoms with Gasteiger partial charge in [0.25, 0.3) is 0 Å². The summed E-state index contributed by atoms with van der Waals surface area (Å²) >= 11 is 0. The van der Waals surface area contributed by atoms with E-state index in [1.165, 1.54) is 24.0 Å². The Morgan fingerprint density at radius 1 is 1.14 bits per heavy atom. The average Bonchev–Trinajstić information content (AvgIpc) is 2.47. The molecule has 0 spiro atoms. The molecule has 0 amide bonds. The summed E-state index contributed by atoms with van der Waals surface area (Å²) < 4.78 is 11.4. The zero-order valence-electron chi connectivity index (χ0n) is 13.7. The molecule has 2 rings (SSSR count). The summed E-state index contributed by atoms with van der Waals surface area (Å²) in [5.41, 5.74) is 2.69. The molecule has 3 nitrogen and oxygen atoms in total. The molecule has 1 aliphatic heterocycles. The van der Waals surface area contributed by atoms with E-state index in [0.29, 0.717) is 19.3 Å². The van der Waals surface area contributed by atoms with Gasteiger partial charge in [0, 0.05) is 18.7 Å². The van der Waals surface area contributed by atoms with Crippen LogP contribution >= 0.6 is 0 Å². The van der Waals surface area contributed by atoms with Crippen LogP contribution in [0.3, 0.4) is 0 Å². The van der Waals surface area contributed by atoms with Gasteiger partial charge in [-0.05, 0) is 51.2 Å². The van der Waals surface area contributed by atoms with Gasteiger partial charge in [-0.2, -0.15) is 0 Å². The monoisotopic (exact) mass is 291 g/mol. The maximum atomic E-state index is 5.77. The fraction of sp³-hybridized carbons (Fsp3) is 0.667. The maximum absolute atomic E-state index is 5.77. The standard InChI is InChI=1S/C18H29NO2/c1-18(2,3)19-12-15-7-9-16(10-8-15)13-20-14-17-6-4-5-11-21-17/h7-10,17,19H,4-6,11-14H2,1-3H3. The van der Waals surface area contributed by atoms with Crippen molar-refractivity contribution in [1.82, 2.24) is 5.32 Å². The fourth-order valence-corrected chi connectivity index (χ4v) is 2.37. The maximum Gasteiger partial charge on any atom is 0.0808 e. The summed E-state index contributed by atoms with van der Waals surface area (Å²) in [6.07, 6.45) is 3.90. The molecule has 1 aromatic carbocycles. The van der Waals surface area contributed by atoms with Gasteiger partial charge in [-0.15, -0.1) is 0 Å². The number of ether oxygens (including phenoxy) is 2. The first kappa shape index (κ1) is 16.5. The van der Waals surface area contributed by atoms with E-state index in [-0.39, 0.29) is 5.54 Å². The normalized spacial score (nSPS) is 19.7. The second-order valence-corrected chi connectivity index (χ2v) is 6.92. The second-order valence-electron chi connectivity index (χ2n) is 6.92. The minimum absolute atomic E-state index is 0.155. The molecule has 0 bridgehead atoms. The Labute approximate surface area is 129 Å². The van der Waals surface area contributed by atoms with E-state index in [2.05, 4.69) is 50.4 Å². The lowest BCUT2D eigenvalue weighted by Crippen LogP contribution is -2.35. The Bertz CT molecular complexity index is 402. The molecule has 3 heteroatoms. The van der Waals surface area contributed by atoms with Crippen molar-refractivity contribution in [3.05, 3.63) is 35.4 Å². The van der Waals surface area contributed by atoms with Crippen LogP contribution in [0.15, 0.2) is 24.3 Å². The van der Waals surface area contributed by atoms with Gasteiger partial charge < -0.3 is 14.8 Å². The highest BCUT2D eigenvalue weighted by atomic mass is 16.5. The van der Waals surface area contributed by atoms with E-state index < -0.39 is 0 Å². The molecule has 1 aromatic rings. The summed E-state index contributed by atoms with van der Waals surface area (Å²) in [7, 11) is 0. The lowest BCUT2D eigenvalue weighted by Gasteiger charge is -2.22. The molecule has 0 aromatic heterocycles. The van der Waals surface area contributed by atoms with Gasteiger partial charge in [0.05, 0.1) is 19.3 Å². The second kappa shape index (κ2) is 7.92. The molecule has 118 valence electrons. The van der Waals surface area contributed by atoms with Crippen molar-refractivity contribution in [3.8, 4) is 0 Å². The summed E-state index contributed by atoms with van der Waals surface area (Å²) in [5.74, 6) is 0. The molecule has 0 saturated carbocycles. The van der Waals surface area contributed by atoms with Gasteiger partial charge in [-0.25, -0.2) is 0 Å². The highest BCUT2D eigenvalue weighted by Gasteiger charge is 2.13. The van der Waals surface area contributed by atoms with Crippen LogP contribution in [0.2, 0.25) is 0 Å². The Morgan fingerprint density at radius 2 is 1.86 bits per heavy atom. The number of nitrogens with one attached hydrogen (secondary N) is 1. The van der Waals surface area contributed by atoms with E-state index in [9.17, 15) is 0 Å². The van der Waals surface area contributed by atoms with Crippen molar-refractivity contribution < 1.29 is 9.47 Å². The van der Waals surface area contributed by atoms with Crippen molar-refractivity contribution in [2.24, 2.45) is 0 Å². The van der Waals surface area contributed by atoms with Crippen LogP contribution in [0.4, 0.5) is 0 Å². The zero-order chi connectivity index (χ0) is 15.1. The predicted molar refractivity (Wildman–Crippen MR) is 86.3 cm³/mol. The fourth-order valence-electron chi connectivity index (χ4n) is 2.37. The van der Waals surface area contributed by atoms with Gasteiger partial charge >= 0.3 is 0 Å². The SMILES string of the molecule is CC(C)(C)NCc1ccc(COCC2CCCCO2)cc1. The lowest BCUT2D eigenvalue weighted by atomic mass is 10.1. The highest BCUT2D eigenvalue weighted by molar-refractivity contribution is 5.22. The summed E-state index contributed by atoms with van der Waals surface area (Å²) in [5, 5.41) is 3.50. The van der Waals surface area contributed by atoms with E-state index in [0.717, 1.165) is 19.6 Å². The molecule has 1 fully saturated rings. The summed E-state index contributed by atoms with van der Waals surface area (Å²) in [6.45, 7) is 9.73. The zero-order valence-corrected chi connectivity index (χ0v) is 13.7. The topological polar surface area (TPSA) is 30.5 Å². The van der Waals surface area contributed by atoms with Crippen LogP contribution in [0.1, 0.15) is 51.2 Å². The first-order valence-electron chi connectivity index (χ1n) is 8.05. The molecule has 1 unspecified atom stereocenters. The van der Waals surface area contributed by atoms with Crippen molar-refractivity contribution in [3.63, 3.8) is 0 Å². The van der Waals surface area contributed by atoms with Gasteiger partial charge in [0.15, 0.2) is 0 Å². The Balaban J connectivity index is 1.69. The average molecular weight is 291 g/mol. The molecule has 1 heterocycles. The highest BCUT2D eigenvalue weighted by Crippen LogP contribution is 2.14. The molecule has 0 radical (unpaired) electrons. The van der Waals surface area contributed by atoms with Crippen LogP contribution < -0.4 is 5.32 Å². The molecular formula is C18H29NO2. The molecule has 1 N–H and O–H groups in total.